The molecule has 0 aromatic carbocycles. The van der Waals surface area contributed by atoms with Gasteiger partial charge in [0.25, 0.3) is 0 Å². The van der Waals surface area contributed by atoms with E-state index in [1.807, 2.05) is 6.92 Å². The molecule has 0 amide bonds. The molecule has 2 aromatic rings. The standard InChI is InChI=1S/C15H16N2O4S2/c1-4-21-11(18)7-10-9(3)17-15(22-10)23-13-12(14(19)20)8(2)5-6-16-13/h5-6H,4,7H2,1-3H3,(H,19,20). The molecule has 0 saturated heterocycles. The van der Waals surface area contributed by atoms with Crippen molar-refractivity contribution in [1.29, 1.82) is 0 Å². The minimum absolute atomic E-state index is 0.172. The second-order valence-electron chi connectivity index (χ2n) is 4.69. The van der Waals surface area contributed by atoms with Crippen molar-refractivity contribution >= 4 is 35.0 Å². The molecule has 0 aliphatic rings. The van der Waals surface area contributed by atoms with Crippen LogP contribution in [0.3, 0.4) is 0 Å². The fourth-order valence-corrected chi connectivity index (χ4v) is 4.20. The highest BCUT2D eigenvalue weighted by Crippen LogP contribution is 2.34. The first-order valence-electron chi connectivity index (χ1n) is 6.91. The number of hydrogen-bond donors (Lipinski definition) is 1. The van der Waals surface area contributed by atoms with Crippen molar-refractivity contribution in [3.8, 4) is 0 Å². The molecule has 0 aliphatic heterocycles. The van der Waals surface area contributed by atoms with Crippen LogP contribution in [0.15, 0.2) is 21.6 Å². The van der Waals surface area contributed by atoms with Crippen LogP contribution in [0.1, 0.15) is 33.4 Å². The lowest BCUT2D eigenvalue weighted by molar-refractivity contribution is -0.142. The van der Waals surface area contributed by atoms with Gasteiger partial charge in [-0.15, -0.1) is 11.3 Å². The Morgan fingerprint density at radius 3 is 2.78 bits per heavy atom. The van der Waals surface area contributed by atoms with Crippen LogP contribution < -0.4 is 0 Å². The van der Waals surface area contributed by atoms with E-state index >= 15 is 0 Å². The van der Waals surface area contributed by atoms with Crippen molar-refractivity contribution in [1.82, 2.24) is 9.97 Å². The van der Waals surface area contributed by atoms with Crippen LogP contribution in [0.4, 0.5) is 0 Å². The Labute approximate surface area is 141 Å². The Balaban J connectivity index is 2.24. The second-order valence-corrected chi connectivity index (χ2v) is 7.00. The molecule has 0 fully saturated rings. The van der Waals surface area contributed by atoms with E-state index in [1.54, 1.807) is 26.1 Å². The van der Waals surface area contributed by atoms with Crippen molar-refractivity contribution in [2.75, 3.05) is 6.61 Å². The first kappa shape index (κ1) is 17.4. The van der Waals surface area contributed by atoms with E-state index in [1.165, 1.54) is 23.1 Å². The quantitative estimate of drug-likeness (QED) is 0.799. The summed E-state index contributed by atoms with van der Waals surface area (Å²) < 4.78 is 5.59. The van der Waals surface area contributed by atoms with Gasteiger partial charge in [-0.2, -0.15) is 0 Å². The molecule has 0 spiro atoms. The van der Waals surface area contributed by atoms with Crippen LogP contribution in [0, 0.1) is 13.8 Å². The maximum absolute atomic E-state index is 11.6. The minimum Gasteiger partial charge on any atom is -0.478 e. The highest BCUT2D eigenvalue weighted by molar-refractivity contribution is 8.01. The molecular weight excluding hydrogens is 336 g/mol. The van der Waals surface area contributed by atoms with E-state index < -0.39 is 5.97 Å². The molecule has 8 heteroatoms. The number of rotatable bonds is 6. The van der Waals surface area contributed by atoms with Crippen LogP contribution in [0.2, 0.25) is 0 Å². The molecule has 0 atom stereocenters. The van der Waals surface area contributed by atoms with Gasteiger partial charge in [-0.05, 0) is 44.2 Å². The number of carboxylic acid groups (broad SMARTS) is 1. The van der Waals surface area contributed by atoms with Gasteiger partial charge >= 0.3 is 11.9 Å². The number of nitrogens with zero attached hydrogens (tertiary/aromatic N) is 2. The average Bonchev–Trinajstić information content (AvgIpc) is 2.78. The van der Waals surface area contributed by atoms with Crippen LogP contribution in [0.5, 0.6) is 0 Å². The summed E-state index contributed by atoms with van der Waals surface area (Å²) in [5, 5.41) is 9.73. The summed E-state index contributed by atoms with van der Waals surface area (Å²) in [6, 6.07) is 1.66. The summed E-state index contributed by atoms with van der Waals surface area (Å²) in [6.07, 6.45) is 1.75. The molecule has 6 nitrogen and oxygen atoms in total. The summed E-state index contributed by atoms with van der Waals surface area (Å²) in [7, 11) is 0. The molecule has 0 bridgehead atoms. The lowest BCUT2D eigenvalue weighted by Crippen LogP contribution is -2.07. The maximum atomic E-state index is 11.6. The van der Waals surface area contributed by atoms with Crippen molar-refractivity contribution in [2.24, 2.45) is 0 Å². The van der Waals surface area contributed by atoms with Gasteiger partial charge in [-0.1, -0.05) is 0 Å². The van der Waals surface area contributed by atoms with Gasteiger partial charge in [0.1, 0.15) is 5.03 Å². The summed E-state index contributed by atoms with van der Waals surface area (Å²) >= 11 is 2.55. The third-order valence-corrected chi connectivity index (χ3v) is 5.23. The predicted octanol–water partition coefficient (Wildman–Crippen LogP) is 3.11. The first-order chi connectivity index (χ1) is 10.9. The maximum Gasteiger partial charge on any atom is 0.338 e. The minimum atomic E-state index is -1.02. The fraction of sp³-hybridized carbons (Fsp3) is 0.333. The average molecular weight is 352 g/mol. The highest BCUT2D eigenvalue weighted by Gasteiger charge is 2.19. The molecule has 0 unspecified atom stereocenters. The Morgan fingerprint density at radius 1 is 1.39 bits per heavy atom. The third-order valence-electron chi connectivity index (χ3n) is 3.01. The van der Waals surface area contributed by atoms with Crippen molar-refractivity contribution in [3.05, 3.63) is 34.0 Å². The van der Waals surface area contributed by atoms with Crippen LogP contribution >= 0.6 is 23.1 Å². The summed E-state index contributed by atoms with van der Waals surface area (Å²) in [5.74, 6) is -1.31. The Morgan fingerprint density at radius 2 is 2.13 bits per heavy atom. The molecule has 0 aliphatic carbocycles. The summed E-state index contributed by atoms with van der Waals surface area (Å²) in [6.45, 7) is 5.65. The van der Waals surface area contributed by atoms with Gasteiger partial charge in [0.2, 0.25) is 0 Å². The zero-order valence-electron chi connectivity index (χ0n) is 13.0. The van der Waals surface area contributed by atoms with Gasteiger partial charge in [-0.3, -0.25) is 4.79 Å². The molecule has 1 N–H and O–H groups in total. The lowest BCUT2D eigenvalue weighted by atomic mass is 10.2. The van der Waals surface area contributed by atoms with Crippen LogP contribution in [0.25, 0.3) is 0 Å². The third kappa shape index (κ3) is 4.29. The molecule has 23 heavy (non-hydrogen) atoms. The number of carbonyl (C=O) groups excluding carboxylic acids is 1. The predicted molar refractivity (Wildman–Crippen MR) is 87.2 cm³/mol. The van der Waals surface area contributed by atoms with Crippen LogP contribution in [-0.2, 0) is 16.0 Å². The van der Waals surface area contributed by atoms with E-state index in [9.17, 15) is 14.7 Å². The van der Waals surface area contributed by atoms with E-state index in [-0.39, 0.29) is 18.0 Å². The van der Waals surface area contributed by atoms with Gasteiger partial charge in [0.15, 0.2) is 4.34 Å². The molecule has 2 heterocycles. The monoisotopic (exact) mass is 352 g/mol. The Hall–Kier alpha value is -1.93. The number of esters is 1. The summed E-state index contributed by atoms with van der Waals surface area (Å²) in [4.78, 5) is 32.3. The van der Waals surface area contributed by atoms with E-state index in [0.29, 0.717) is 21.5 Å². The number of thiazole rings is 1. The fourth-order valence-electron chi connectivity index (χ4n) is 1.91. The zero-order chi connectivity index (χ0) is 17.0. The van der Waals surface area contributed by atoms with Gasteiger partial charge in [0, 0.05) is 11.1 Å². The molecule has 2 rings (SSSR count). The van der Waals surface area contributed by atoms with Crippen molar-refractivity contribution in [3.63, 3.8) is 0 Å². The highest BCUT2D eigenvalue weighted by atomic mass is 32.2. The van der Waals surface area contributed by atoms with Crippen LogP contribution in [-0.4, -0.2) is 33.6 Å². The largest absolute Gasteiger partial charge is 0.478 e. The van der Waals surface area contributed by atoms with Gasteiger partial charge < -0.3 is 9.84 Å². The molecular formula is C15H16N2O4S2. The number of carbonyl (C=O) groups is 2. The summed E-state index contributed by atoms with van der Waals surface area (Å²) in [5.41, 5.74) is 1.57. The molecule has 0 saturated carbocycles. The number of hydrogen-bond acceptors (Lipinski definition) is 7. The number of aromatic carboxylic acids is 1. The number of carboxylic acids is 1. The molecule has 122 valence electrons. The lowest BCUT2D eigenvalue weighted by Gasteiger charge is -2.05. The zero-order valence-corrected chi connectivity index (χ0v) is 14.6. The smallest absolute Gasteiger partial charge is 0.338 e. The van der Waals surface area contributed by atoms with Gasteiger partial charge in [-0.25, -0.2) is 14.8 Å². The SMILES string of the molecule is CCOC(=O)Cc1sc(Sc2nccc(C)c2C(=O)O)nc1C. The normalized spacial score (nSPS) is 10.6. The Kier molecular flexibility index (Phi) is 5.73. The molecule has 0 radical (unpaired) electrons. The topological polar surface area (TPSA) is 89.4 Å². The van der Waals surface area contributed by atoms with E-state index in [2.05, 4.69) is 9.97 Å². The van der Waals surface area contributed by atoms with E-state index in [0.717, 1.165) is 10.6 Å². The number of aromatic nitrogens is 2. The number of aryl methyl sites for hydroxylation is 2. The van der Waals surface area contributed by atoms with Crippen molar-refractivity contribution < 1.29 is 19.4 Å². The van der Waals surface area contributed by atoms with Gasteiger partial charge in [0.05, 0.1) is 24.3 Å². The van der Waals surface area contributed by atoms with Crippen molar-refractivity contribution in [2.45, 2.75) is 36.6 Å². The Bertz CT molecular complexity index is 743. The second kappa shape index (κ2) is 7.56. The van der Waals surface area contributed by atoms with E-state index in [4.69, 9.17) is 4.74 Å². The molecule has 2 aromatic heterocycles. The number of pyridine rings is 1. The number of ether oxygens (including phenoxy) is 1. The first-order valence-corrected chi connectivity index (χ1v) is 8.54.